The molecule has 86 valence electrons. The van der Waals surface area contributed by atoms with Crippen LogP contribution in [0.25, 0.3) is 0 Å². The predicted octanol–water partition coefficient (Wildman–Crippen LogP) is 2.12. The summed E-state index contributed by atoms with van der Waals surface area (Å²) in [5.41, 5.74) is -0.0592. The van der Waals surface area contributed by atoms with Crippen molar-refractivity contribution in [3.05, 3.63) is 39.9 Å². The average Bonchev–Trinajstić information content (AvgIpc) is 2.28. The van der Waals surface area contributed by atoms with E-state index in [-0.39, 0.29) is 17.3 Å². The van der Waals surface area contributed by atoms with Crippen molar-refractivity contribution in [2.45, 2.75) is 26.3 Å². The van der Waals surface area contributed by atoms with Crippen LogP contribution in [0.5, 0.6) is 0 Å². The number of carbonyl (C=O) groups excluding carboxylic acids is 1. The first kappa shape index (κ1) is 12.2. The fourth-order valence-corrected chi connectivity index (χ4v) is 1.23. The maximum atomic E-state index is 11.7. The highest BCUT2D eigenvalue weighted by atomic mass is 16.6. The van der Waals surface area contributed by atoms with Gasteiger partial charge in [0.1, 0.15) is 5.56 Å². The second kappa shape index (κ2) is 5.25. The highest BCUT2D eigenvalue weighted by molar-refractivity contribution is 5.98. The molecule has 0 saturated heterocycles. The Labute approximate surface area is 93.6 Å². The van der Waals surface area contributed by atoms with Crippen LogP contribution in [-0.2, 0) is 0 Å². The number of nitro benzene ring substituents is 1. The predicted molar refractivity (Wildman–Crippen MR) is 60.3 cm³/mol. The fraction of sp³-hybridized carbons (Fsp3) is 0.364. The van der Waals surface area contributed by atoms with Gasteiger partial charge < -0.3 is 5.32 Å². The summed E-state index contributed by atoms with van der Waals surface area (Å²) < 4.78 is 0. The Bertz CT molecular complexity index is 404. The molecule has 1 aromatic carbocycles. The van der Waals surface area contributed by atoms with E-state index < -0.39 is 10.8 Å². The van der Waals surface area contributed by atoms with E-state index in [9.17, 15) is 14.9 Å². The first-order valence-electron chi connectivity index (χ1n) is 5.10. The van der Waals surface area contributed by atoms with Gasteiger partial charge in [-0.05, 0) is 19.4 Å². The Kier molecular flexibility index (Phi) is 3.99. The molecule has 0 spiro atoms. The van der Waals surface area contributed by atoms with Gasteiger partial charge in [-0.25, -0.2) is 0 Å². The number of carbonyl (C=O) groups is 1. The molecule has 0 aliphatic carbocycles. The Hall–Kier alpha value is -1.91. The number of rotatable bonds is 4. The van der Waals surface area contributed by atoms with Gasteiger partial charge in [0.15, 0.2) is 0 Å². The van der Waals surface area contributed by atoms with E-state index in [0.717, 1.165) is 6.42 Å². The van der Waals surface area contributed by atoms with Gasteiger partial charge in [-0.1, -0.05) is 19.1 Å². The van der Waals surface area contributed by atoms with Gasteiger partial charge in [0, 0.05) is 12.1 Å². The fourth-order valence-electron chi connectivity index (χ4n) is 1.23. The molecule has 16 heavy (non-hydrogen) atoms. The zero-order chi connectivity index (χ0) is 12.1. The summed E-state index contributed by atoms with van der Waals surface area (Å²) in [4.78, 5) is 21.9. The van der Waals surface area contributed by atoms with Gasteiger partial charge in [0.2, 0.25) is 0 Å². The summed E-state index contributed by atoms with van der Waals surface area (Å²) in [5.74, 6) is -0.401. The summed E-state index contributed by atoms with van der Waals surface area (Å²) in [6.07, 6.45) is 0.784. The quantitative estimate of drug-likeness (QED) is 0.626. The summed E-state index contributed by atoms with van der Waals surface area (Å²) in [5, 5.41) is 13.4. The molecule has 5 nitrogen and oxygen atoms in total. The van der Waals surface area contributed by atoms with Crippen LogP contribution in [0.4, 0.5) is 5.69 Å². The van der Waals surface area contributed by atoms with Gasteiger partial charge >= 0.3 is 0 Å². The van der Waals surface area contributed by atoms with Crippen LogP contribution < -0.4 is 5.32 Å². The smallest absolute Gasteiger partial charge is 0.282 e. The number of nitrogens with one attached hydrogen (secondary N) is 1. The minimum atomic E-state index is -0.550. The van der Waals surface area contributed by atoms with Crippen molar-refractivity contribution in [1.29, 1.82) is 0 Å². The van der Waals surface area contributed by atoms with Crippen molar-refractivity contribution in [1.82, 2.24) is 5.32 Å². The molecule has 0 unspecified atom stereocenters. The molecule has 5 heteroatoms. The average molecular weight is 222 g/mol. The molecule has 0 aliphatic heterocycles. The molecule has 1 aromatic rings. The Morgan fingerprint density at radius 2 is 2.12 bits per heavy atom. The third-order valence-electron chi connectivity index (χ3n) is 2.34. The maximum Gasteiger partial charge on any atom is 0.282 e. The van der Waals surface area contributed by atoms with Crippen LogP contribution in [-0.4, -0.2) is 16.9 Å². The topological polar surface area (TPSA) is 72.2 Å². The molecular formula is C11H14N2O3. The molecule has 1 atom stereocenters. The normalized spacial score (nSPS) is 11.9. The van der Waals surface area contributed by atoms with Gasteiger partial charge in [0.05, 0.1) is 4.92 Å². The number of nitrogens with zero attached hydrogens (tertiary/aromatic N) is 1. The number of benzene rings is 1. The zero-order valence-electron chi connectivity index (χ0n) is 9.27. The summed E-state index contributed by atoms with van der Waals surface area (Å²) >= 11 is 0. The Balaban J connectivity index is 2.95. The van der Waals surface area contributed by atoms with E-state index in [0.29, 0.717) is 0 Å². The zero-order valence-corrected chi connectivity index (χ0v) is 9.27. The van der Waals surface area contributed by atoms with Crippen LogP contribution in [0.1, 0.15) is 30.6 Å². The van der Waals surface area contributed by atoms with Crippen molar-refractivity contribution in [2.24, 2.45) is 0 Å². The summed E-state index contributed by atoms with van der Waals surface area (Å²) in [6.45, 7) is 3.79. The molecule has 0 heterocycles. The van der Waals surface area contributed by atoms with E-state index in [1.807, 2.05) is 13.8 Å². The molecule has 0 saturated carbocycles. The summed E-state index contributed by atoms with van der Waals surface area (Å²) in [6, 6.07) is 5.94. The van der Waals surface area contributed by atoms with Crippen molar-refractivity contribution in [3.8, 4) is 0 Å². The highest BCUT2D eigenvalue weighted by Crippen LogP contribution is 2.17. The lowest BCUT2D eigenvalue weighted by Crippen LogP contribution is -2.32. The van der Waals surface area contributed by atoms with Crippen LogP contribution in [0, 0.1) is 10.1 Å². The largest absolute Gasteiger partial charge is 0.349 e. The molecule has 0 fully saturated rings. The van der Waals surface area contributed by atoms with Crippen LogP contribution in [0.2, 0.25) is 0 Å². The standard InChI is InChI=1S/C11H14N2O3/c1-3-8(2)12-11(14)9-6-4-5-7-10(9)13(15)16/h4-8H,3H2,1-2H3,(H,12,14)/t8-/m1/s1. The number of para-hydroxylation sites is 1. The lowest BCUT2D eigenvalue weighted by atomic mass is 10.1. The van der Waals surface area contributed by atoms with E-state index >= 15 is 0 Å². The third-order valence-corrected chi connectivity index (χ3v) is 2.34. The van der Waals surface area contributed by atoms with Crippen LogP contribution in [0.15, 0.2) is 24.3 Å². The van der Waals surface area contributed by atoms with Gasteiger partial charge in [-0.2, -0.15) is 0 Å². The second-order valence-corrected chi connectivity index (χ2v) is 3.56. The molecule has 0 bridgehead atoms. The lowest BCUT2D eigenvalue weighted by Gasteiger charge is -2.11. The van der Waals surface area contributed by atoms with Crippen molar-refractivity contribution in [2.75, 3.05) is 0 Å². The molecule has 0 aliphatic rings. The molecule has 1 N–H and O–H groups in total. The van der Waals surface area contributed by atoms with Crippen molar-refractivity contribution < 1.29 is 9.72 Å². The van der Waals surface area contributed by atoms with E-state index in [2.05, 4.69) is 5.32 Å². The lowest BCUT2D eigenvalue weighted by molar-refractivity contribution is -0.385. The molecule has 0 aromatic heterocycles. The van der Waals surface area contributed by atoms with E-state index in [1.165, 1.54) is 18.2 Å². The molecule has 1 rings (SSSR count). The van der Waals surface area contributed by atoms with Crippen LogP contribution >= 0.6 is 0 Å². The number of nitro groups is 1. The second-order valence-electron chi connectivity index (χ2n) is 3.56. The number of amides is 1. The van der Waals surface area contributed by atoms with Crippen molar-refractivity contribution in [3.63, 3.8) is 0 Å². The summed E-state index contributed by atoms with van der Waals surface area (Å²) in [7, 11) is 0. The molecule has 1 amide bonds. The van der Waals surface area contributed by atoms with Gasteiger partial charge in [-0.3, -0.25) is 14.9 Å². The van der Waals surface area contributed by atoms with E-state index in [1.54, 1.807) is 6.07 Å². The SMILES string of the molecule is CC[C@@H](C)NC(=O)c1ccccc1[N+](=O)[O-]. The monoisotopic (exact) mass is 222 g/mol. The van der Waals surface area contributed by atoms with Crippen LogP contribution in [0.3, 0.4) is 0 Å². The third kappa shape index (κ3) is 2.79. The minimum absolute atomic E-state index is 0.00677. The van der Waals surface area contributed by atoms with Gasteiger partial charge in [-0.15, -0.1) is 0 Å². The first-order chi connectivity index (χ1) is 7.56. The molecule has 0 radical (unpaired) electrons. The number of hydrogen-bond acceptors (Lipinski definition) is 3. The Morgan fingerprint density at radius 3 is 2.69 bits per heavy atom. The highest BCUT2D eigenvalue weighted by Gasteiger charge is 2.19. The Morgan fingerprint density at radius 1 is 1.50 bits per heavy atom. The van der Waals surface area contributed by atoms with E-state index in [4.69, 9.17) is 0 Å². The first-order valence-corrected chi connectivity index (χ1v) is 5.10. The minimum Gasteiger partial charge on any atom is -0.349 e. The maximum absolute atomic E-state index is 11.7. The van der Waals surface area contributed by atoms with Crippen molar-refractivity contribution >= 4 is 11.6 Å². The van der Waals surface area contributed by atoms with Gasteiger partial charge in [0.25, 0.3) is 11.6 Å². The number of hydrogen-bond donors (Lipinski definition) is 1. The molecular weight excluding hydrogens is 208 g/mol.